The van der Waals surface area contributed by atoms with Crippen molar-refractivity contribution in [3.8, 4) is 10.7 Å². The molecule has 3 heterocycles. The van der Waals surface area contributed by atoms with Crippen LogP contribution in [0.15, 0.2) is 5.38 Å². The summed E-state index contributed by atoms with van der Waals surface area (Å²) < 4.78 is 0. The summed E-state index contributed by atoms with van der Waals surface area (Å²) in [5.41, 5.74) is 6.51. The van der Waals surface area contributed by atoms with Crippen molar-refractivity contribution >= 4 is 27.8 Å². The lowest BCUT2D eigenvalue weighted by Crippen LogP contribution is -2.34. The van der Waals surface area contributed by atoms with Crippen molar-refractivity contribution in [2.24, 2.45) is 5.92 Å². The minimum Gasteiger partial charge on any atom is -0.374 e. The summed E-state index contributed by atoms with van der Waals surface area (Å²) in [5.74, 6) is 0.889. The zero-order chi connectivity index (χ0) is 13.9. The van der Waals surface area contributed by atoms with E-state index in [0.29, 0.717) is 5.13 Å². The molecule has 7 heteroatoms. The van der Waals surface area contributed by atoms with Gasteiger partial charge in [0.15, 0.2) is 5.01 Å². The highest BCUT2D eigenvalue weighted by Gasteiger charge is 2.16. The van der Waals surface area contributed by atoms with Crippen LogP contribution in [0.1, 0.15) is 24.8 Å². The van der Waals surface area contributed by atoms with Gasteiger partial charge >= 0.3 is 0 Å². The Kier molecular flexibility index (Phi) is 4.28. The molecule has 1 aliphatic heterocycles. The number of nitrogen functional groups attached to an aromatic ring is 1. The molecule has 2 N–H and O–H groups in total. The number of anilines is 1. The van der Waals surface area contributed by atoms with Gasteiger partial charge in [-0.25, -0.2) is 4.98 Å². The Balaban J connectivity index is 1.55. The van der Waals surface area contributed by atoms with E-state index in [1.165, 1.54) is 42.3 Å². The number of piperidine rings is 1. The summed E-state index contributed by atoms with van der Waals surface area (Å²) in [7, 11) is 0. The Morgan fingerprint density at radius 3 is 2.85 bits per heavy atom. The van der Waals surface area contributed by atoms with Crippen molar-refractivity contribution in [3.63, 3.8) is 0 Å². The average Bonchev–Trinajstić information content (AvgIpc) is 3.07. The molecule has 0 atom stereocenters. The average molecular weight is 309 g/mol. The Labute approximate surface area is 126 Å². The number of nitrogens with two attached hydrogens (primary N) is 1. The van der Waals surface area contributed by atoms with E-state index in [4.69, 9.17) is 5.73 Å². The van der Waals surface area contributed by atoms with Crippen LogP contribution in [0.5, 0.6) is 0 Å². The third-order valence-electron chi connectivity index (χ3n) is 3.73. The van der Waals surface area contributed by atoms with E-state index < -0.39 is 0 Å². The van der Waals surface area contributed by atoms with Crippen LogP contribution < -0.4 is 5.73 Å². The van der Waals surface area contributed by atoms with Gasteiger partial charge in [0.05, 0.1) is 5.01 Å². The van der Waals surface area contributed by atoms with E-state index in [-0.39, 0.29) is 0 Å². The molecule has 0 unspecified atom stereocenters. The lowest BCUT2D eigenvalue weighted by Gasteiger charge is -2.29. The van der Waals surface area contributed by atoms with Gasteiger partial charge in [-0.3, -0.25) is 0 Å². The molecule has 0 spiro atoms. The third-order valence-corrected chi connectivity index (χ3v) is 5.41. The fourth-order valence-electron chi connectivity index (χ4n) is 2.40. The van der Waals surface area contributed by atoms with Crippen LogP contribution in [0.25, 0.3) is 10.7 Å². The molecule has 0 saturated carbocycles. The molecule has 2 aromatic heterocycles. The smallest absolute Gasteiger partial charge is 0.203 e. The quantitative estimate of drug-likeness (QED) is 0.940. The molecular formula is C13H19N5S2. The Hall–Kier alpha value is -1.05. The molecule has 0 aliphatic carbocycles. The van der Waals surface area contributed by atoms with Crippen molar-refractivity contribution in [1.29, 1.82) is 0 Å². The normalized spacial score (nSPS) is 17.6. The number of hydrogen-bond acceptors (Lipinski definition) is 7. The van der Waals surface area contributed by atoms with Gasteiger partial charge in [0.25, 0.3) is 0 Å². The number of aromatic nitrogens is 3. The maximum Gasteiger partial charge on any atom is 0.203 e. The minimum atomic E-state index is 0.497. The second-order valence-corrected chi connectivity index (χ2v) is 7.30. The van der Waals surface area contributed by atoms with Crippen molar-refractivity contribution in [2.75, 3.05) is 25.4 Å². The van der Waals surface area contributed by atoms with Crippen molar-refractivity contribution < 1.29 is 0 Å². The fraction of sp³-hybridized carbons (Fsp3) is 0.615. The maximum atomic E-state index is 5.60. The second kappa shape index (κ2) is 6.15. The topological polar surface area (TPSA) is 67.9 Å². The summed E-state index contributed by atoms with van der Waals surface area (Å²) in [6.07, 6.45) is 3.67. The summed E-state index contributed by atoms with van der Waals surface area (Å²) in [6, 6.07) is 0. The summed E-state index contributed by atoms with van der Waals surface area (Å²) in [6.45, 7) is 5.91. The number of thiazole rings is 1. The first-order chi connectivity index (χ1) is 9.70. The van der Waals surface area contributed by atoms with Gasteiger partial charge in [-0.05, 0) is 31.8 Å². The third kappa shape index (κ3) is 3.34. The van der Waals surface area contributed by atoms with E-state index in [1.54, 1.807) is 11.3 Å². The predicted octanol–water partition coefficient (Wildman–Crippen LogP) is 2.52. The van der Waals surface area contributed by atoms with Crippen LogP contribution in [0, 0.1) is 5.92 Å². The van der Waals surface area contributed by atoms with Crippen molar-refractivity contribution in [2.45, 2.75) is 26.2 Å². The van der Waals surface area contributed by atoms with Gasteiger partial charge in [-0.2, -0.15) is 0 Å². The first-order valence-electron chi connectivity index (χ1n) is 6.97. The second-order valence-electron chi connectivity index (χ2n) is 5.35. The van der Waals surface area contributed by atoms with E-state index in [9.17, 15) is 0 Å². The Morgan fingerprint density at radius 2 is 2.15 bits per heavy atom. The first-order valence-corrected chi connectivity index (χ1v) is 8.66. The molecule has 3 rings (SSSR count). The van der Waals surface area contributed by atoms with Gasteiger partial charge in [0, 0.05) is 18.3 Å². The van der Waals surface area contributed by atoms with Crippen LogP contribution in [0.4, 0.5) is 5.13 Å². The summed E-state index contributed by atoms with van der Waals surface area (Å²) in [5, 5.41) is 12.4. The van der Waals surface area contributed by atoms with Crippen LogP contribution in [0.3, 0.4) is 0 Å². The van der Waals surface area contributed by atoms with Crippen molar-refractivity contribution in [1.82, 2.24) is 20.1 Å². The van der Waals surface area contributed by atoms with Crippen LogP contribution in [0.2, 0.25) is 0 Å². The van der Waals surface area contributed by atoms with E-state index in [0.717, 1.165) is 29.6 Å². The molecular weight excluding hydrogens is 290 g/mol. The molecule has 0 bridgehead atoms. The number of rotatable bonds is 4. The monoisotopic (exact) mass is 309 g/mol. The van der Waals surface area contributed by atoms with E-state index >= 15 is 0 Å². The standard InChI is InChI=1S/C13H19N5S2/c1-9-2-5-18(6-3-9)7-4-11-15-10(8-19-11)12-16-17-13(14)20-12/h8-9H,2-7H2,1H3,(H2,14,17). The largest absolute Gasteiger partial charge is 0.374 e. The van der Waals surface area contributed by atoms with Crippen LogP contribution >= 0.6 is 22.7 Å². The molecule has 1 saturated heterocycles. The van der Waals surface area contributed by atoms with Gasteiger partial charge in [-0.15, -0.1) is 21.5 Å². The Bertz CT molecular complexity index is 557. The molecule has 20 heavy (non-hydrogen) atoms. The Morgan fingerprint density at radius 1 is 1.35 bits per heavy atom. The minimum absolute atomic E-state index is 0.497. The molecule has 0 aromatic carbocycles. The van der Waals surface area contributed by atoms with Gasteiger partial charge in [0.1, 0.15) is 5.69 Å². The molecule has 108 valence electrons. The highest BCUT2D eigenvalue weighted by atomic mass is 32.1. The molecule has 1 aliphatic rings. The zero-order valence-electron chi connectivity index (χ0n) is 11.6. The molecule has 1 fully saturated rings. The molecule has 2 aromatic rings. The first kappa shape index (κ1) is 13.9. The van der Waals surface area contributed by atoms with E-state index in [1.807, 2.05) is 5.38 Å². The molecule has 0 radical (unpaired) electrons. The molecule has 0 amide bonds. The predicted molar refractivity (Wildman–Crippen MR) is 84.0 cm³/mol. The van der Waals surface area contributed by atoms with E-state index in [2.05, 4.69) is 27.0 Å². The molecule has 5 nitrogen and oxygen atoms in total. The number of likely N-dealkylation sites (tertiary alicyclic amines) is 1. The van der Waals surface area contributed by atoms with Gasteiger partial charge in [0.2, 0.25) is 5.13 Å². The lowest BCUT2D eigenvalue weighted by atomic mass is 9.99. The fourth-order valence-corrected chi connectivity index (χ4v) is 3.82. The van der Waals surface area contributed by atoms with Crippen LogP contribution in [-0.2, 0) is 6.42 Å². The lowest BCUT2D eigenvalue weighted by molar-refractivity contribution is 0.194. The zero-order valence-corrected chi connectivity index (χ0v) is 13.2. The van der Waals surface area contributed by atoms with Gasteiger partial charge < -0.3 is 10.6 Å². The van der Waals surface area contributed by atoms with Crippen molar-refractivity contribution in [3.05, 3.63) is 10.4 Å². The summed E-state index contributed by atoms with van der Waals surface area (Å²) in [4.78, 5) is 7.18. The SMILES string of the molecule is CC1CCN(CCc2nc(-c3nnc(N)s3)cs2)CC1. The number of nitrogens with zero attached hydrogens (tertiary/aromatic N) is 4. The maximum absolute atomic E-state index is 5.60. The highest BCUT2D eigenvalue weighted by molar-refractivity contribution is 7.18. The highest BCUT2D eigenvalue weighted by Crippen LogP contribution is 2.26. The van der Waals surface area contributed by atoms with Gasteiger partial charge in [-0.1, -0.05) is 18.3 Å². The number of hydrogen-bond donors (Lipinski definition) is 1. The summed E-state index contributed by atoms with van der Waals surface area (Å²) >= 11 is 3.09. The van der Waals surface area contributed by atoms with Crippen LogP contribution in [-0.4, -0.2) is 39.7 Å².